The van der Waals surface area contributed by atoms with Gasteiger partial charge in [-0.1, -0.05) is 17.2 Å². The molecule has 0 fully saturated rings. The first-order valence-corrected chi connectivity index (χ1v) is 5.68. The zero-order chi connectivity index (χ0) is 12.3. The predicted octanol–water partition coefficient (Wildman–Crippen LogP) is 2.24. The summed E-state index contributed by atoms with van der Waals surface area (Å²) in [5, 5.41) is 14.8. The Hall–Kier alpha value is -1.85. The van der Waals surface area contributed by atoms with Crippen LogP contribution in [0.3, 0.4) is 0 Å². The second-order valence-electron chi connectivity index (χ2n) is 3.91. The Balaban J connectivity index is 1.97. The molecule has 0 radical (unpaired) electrons. The van der Waals surface area contributed by atoms with E-state index in [-0.39, 0.29) is 0 Å². The third kappa shape index (κ3) is 2.64. The number of hydrogen-bond acceptors (Lipinski definition) is 6. The van der Waals surface area contributed by atoms with Gasteiger partial charge in [0.1, 0.15) is 5.76 Å². The Kier molecular flexibility index (Phi) is 3.41. The molecule has 0 amide bonds. The molecule has 1 N–H and O–H groups in total. The minimum absolute atomic E-state index is 0.438. The summed E-state index contributed by atoms with van der Waals surface area (Å²) in [6.07, 6.45) is 1.80. The maximum Gasteiger partial charge on any atom is 0.315 e. The fraction of sp³-hybridized carbons (Fsp3) is 0.545. The van der Waals surface area contributed by atoms with Gasteiger partial charge in [-0.3, -0.25) is 0 Å². The van der Waals surface area contributed by atoms with E-state index in [1.165, 1.54) is 0 Å². The lowest BCUT2D eigenvalue weighted by atomic mass is 10.2. The van der Waals surface area contributed by atoms with Crippen LogP contribution in [0.15, 0.2) is 8.94 Å². The Labute approximate surface area is 99.4 Å². The molecule has 0 unspecified atom stereocenters. The van der Waals surface area contributed by atoms with Gasteiger partial charge < -0.3 is 14.3 Å². The molecule has 0 saturated heterocycles. The summed E-state index contributed by atoms with van der Waals surface area (Å²) in [7, 11) is 0. The molecule has 0 aliphatic heterocycles. The average molecular weight is 236 g/mol. The molecule has 2 aromatic heterocycles. The van der Waals surface area contributed by atoms with E-state index in [1.54, 1.807) is 0 Å². The molecule has 0 saturated carbocycles. The van der Waals surface area contributed by atoms with E-state index in [0.29, 0.717) is 18.5 Å². The minimum Gasteiger partial charge on any atom is -0.408 e. The lowest BCUT2D eigenvalue weighted by Crippen LogP contribution is -2.01. The summed E-state index contributed by atoms with van der Waals surface area (Å²) >= 11 is 0. The molecular formula is C11H16N4O2. The van der Waals surface area contributed by atoms with Crippen LogP contribution in [-0.2, 0) is 13.0 Å². The van der Waals surface area contributed by atoms with Crippen molar-refractivity contribution in [1.29, 1.82) is 0 Å². The first kappa shape index (κ1) is 11.6. The van der Waals surface area contributed by atoms with E-state index in [2.05, 4.69) is 27.6 Å². The molecule has 0 bridgehead atoms. The van der Waals surface area contributed by atoms with Crippen molar-refractivity contribution in [2.45, 2.75) is 40.2 Å². The first-order chi connectivity index (χ1) is 8.20. The Bertz CT molecular complexity index is 470. The summed E-state index contributed by atoms with van der Waals surface area (Å²) in [5.74, 6) is 1.47. The number of aromatic nitrogens is 3. The number of nitrogens with zero attached hydrogens (tertiary/aromatic N) is 3. The topological polar surface area (TPSA) is 77.0 Å². The molecule has 0 atom stereocenters. The zero-order valence-corrected chi connectivity index (χ0v) is 10.3. The molecule has 0 aliphatic carbocycles. The number of aryl methyl sites for hydroxylation is 3. The quantitative estimate of drug-likeness (QED) is 0.857. The highest BCUT2D eigenvalue weighted by Crippen LogP contribution is 2.14. The summed E-state index contributed by atoms with van der Waals surface area (Å²) in [6, 6.07) is 0.438. The van der Waals surface area contributed by atoms with Crippen LogP contribution >= 0.6 is 0 Å². The summed E-state index contributed by atoms with van der Waals surface area (Å²) < 4.78 is 10.5. The van der Waals surface area contributed by atoms with Crippen molar-refractivity contribution in [2.75, 3.05) is 5.32 Å². The zero-order valence-electron chi connectivity index (χ0n) is 10.3. The van der Waals surface area contributed by atoms with Crippen molar-refractivity contribution in [3.05, 3.63) is 22.9 Å². The smallest absolute Gasteiger partial charge is 0.315 e. The minimum atomic E-state index is 0.438. The SMILES string of the molecule is CCCc1nnc(NCc2c(C)noc2C)o1. The van der Waals surface area contributed by atoms with Crippen molar-refractivity contribution < 1.29 is 8.94 Å². The van der Waals surface area contributed by atoms with Gasteiger partial charge in [-0.15, -0.1) is 5.10 Å². The van der Waals surface area contributed by atoms with Crippen LogP contribution in [0.5, 0.6) is 0 Å². The van der Waals surface area contributed by atoms with Crippen molar-refractivity contribution in [2.24, 2.45) is 0 Å². The number of hydrogen-bond donors (Lipinski definition) is 1. The van der Waals surface area contributed by atoms with Crippen molar-refractivity contribution in [1.82, 2.24) is 15.4 Å². The van der Waals surface area contributed by atoms with Crippen LogP contribution in [0.4, 0.5) is 6.01 Å². The van der Waals surface area contributed by atoms with Gasteiger partial charge in [0.2, 0.25) is 5.89 Å². The maximum atomic E-state index is 5.42. The molecule has 0 aromatic carbocycles. The highest BCUT2D eigenvalue weighted by Gasteiger charge is 2.10. The summed E-state index contributed by atoms with van der Waals surface area (Å²) in [4.78, 5) is 0. The highest BCUT2D eigenvalue weighted by atomic mass is 16.5. The van der Waals surface area contributed by atoms with Crippen LogP contribution in [0.2, 0.25) is 0 Å². The van der Waals surface area contributed by atoms with E-state index >= 15 is 0 Å². The van der Waals surface area contributed by atoms with Crippen molar-refractivity contribution >= 4 is 6.01 Å². The van der Waals surface area contributed by atoms with Gasteiger partial charge in [-0.05, 0) is 20.3 Å². The van der Waals surface area contributed by atoms with Crippen LogP contribution in [0, 0.1) is 13.8 Å². The standard InChI is InChI=1S/C11H16N4O2/c1-4-5-10-13-14-11(16-10)12-6-9-7(2)15-17-8(9)3/h4-6H2,1-3H3,(H,12,14). The maximum absolute atomic E-state index is 5.42. The second kappa shape index (κ2) is 4.99. The Morgan fingerprint density at radius 2 is 2.06 bits per heavy atom. The molecule has 92 valence electrons. The van der Waals surface area contributed by atoms with Gasteiger partial charge in [0.15, 0.2) is 0 Å². The van der Waals surface area contributed by atoms with E-state index in [4.69, 9.17) is 8.94 Å². The summed E-state index contributed by atoms with van der Waals surface area (Å²) in [6.45, 7) is 6.44. The highest BCUT2D eigenvalue weighted by molar-refractivity contribution is 5.27. The van der Waals surface area contributed by atoms with E-state index in [9.17, 15) is 0 Å². The average Bonchev–Trinajstić information content (AvgIpc) is 2.86. The van der Waals surface area contributed by atoms with Crippen LogP contribution < -0.4 is 5.32 Å². The van der Waals surface area contributed by atoms with E-state index in [1.807, 2.05) is 13.8 Å². The lowest BCUT2D eigenvalue weighted by Gasteiger charge is -1.99. The largest absolute Gasteiger partial charge is 0.408 e. The van der Waals surface area contributed by atoms with Gasteiger partial charge in [0, 0.05) is 18.5 Å². The molecule has 6 heteroatoms. The van der Waals surface area contributed by atoms with E-state index < -0.39 is 0 Å². The van der Waals surface area contributed by atoms with Crippen LogP contribution in [0.1, 0.15) is 36.3 Å². The monoisotopic (exact) mass is 236 g/mol. The molecule has 0 spiro atoms. The number of rotatable bonds is 5. The predicted molar refractivity (Wildman–Crippen MR) is 61.6 cm³/mol. The molecule has 2 heterocycles. The van der Waals surface area contributed by atoms with Crippen LogP contribution in [-0.4, -0.2) is 15.4 Å². The second-order valence-corrected chi connectivity index (χ2v) is 3.91. The molecule has 6 nitrogen and oxygen atoms in total. The molecule has 0 aliphatic rings. The van der Waals surface area contributed by atoms with Gasteiger partial charge in [0.05, 0.1) is 5.69 Å². The number of nitrogens with one attached hydrogen (secondary N) is 1. The number of anilines is 1. The van der Waals surface area contributed by atoms with Crippen molar-refractivity contribution in [3.63, 3.8) is 0 Å². The van der Waals surface area contributed by atoms with Gasteiger partial charge >= 0.3 is 6.01 Å². The third-order valence-electron chi connectivity index (χ3n) is 2.53. The molecular weight excluding hydrogens is 220 g/mol. The first-order valence-electron chi connectivity index (χ1n) is 5.68. The third-order valence-corrected chi connectivity index (χ3v) is 2.53. The Morgan fingerprint density at radius 3 is 2.71 bits per heavy atom. The molecule has 2 rings (SSSR count). The normalized spacial score (nSPS) is 10.8. The van der Waals surface area contributed by atoms with Crippen molar-refractivity contribution in [3.8, 4) is 0 Å². The lowest BCUT2D eigenvalue weighted by molar-refractivity contribution is 0.392. The van der Waals surface area contributed by atoms with Gasteiger partial charge in [-0.25, -0.2) is 0 Å². The summed E-state index contributed by atoms with van der Waals surface area (Å²) in [5.41, 5.74) is 1.91. The van der Waals surface area contributed by atoms with Gasteiger partial charge in [-0.2, -0.15) is 0 Å². The molecule has 2 aromatic rings. The van der Waals surface area contributed by atoms with Gasteiger partial charge in [0.25, 0.3) is 0 Å². The molecule has 17 heavy (non-hydrogen) atoms. The van der Waals surface area contributed by atoms with E-state index in [0.717, 1.165) is 29.9 Å². The van der Waals surface area contributed by atoms with Crippen LogP contribution in [0.25, 0.3) is 0 Å². The Morgan fingerprint density at radius 1 is 1.24 bits per heavy atom. The fourth-order valence-electron chi connectivity index (χ4n) is 1.56. The fourth-order valence-corrected chi connectivity index (χ4v) is 1.56.